The molecule has 0 bridgehead atoms. The van der Waals surface area contributed by atoms with Gasteiger partial charge in [-0.2, -0.15) is 0 Å². The number of fused-ring (bicyclic) bond motifs is 1. The first-order chi connectivity index (χ1) is 11.1. The molecule has 0 atom stereocenters. The number of aromatic nitrogens is 1. The highest BCUT2D eigenvalue weighted by molar-refractivity contribution is 7.14. The van der Waals surface area contributed by atoms with Crippen LogP contribution in [0.25, 0.3) is 0 Å². The maximum atomic E-state index is 12.2. The third-order valence-corrected chi connectivity index (χ3v) is 5.21. The summed E-state index contributed by atoms with van der Waals surface area (Å²) in [6, 6.07) is 5.01. The van der Waals surface area contributed by atoms with Crippen LogP contribution in [0.5, 0.6) is 0 Å². The quantitative estimate of drug-likeness (QED) is 0.497. The van der Waals surface area contributed by atoms with E-state index in [-0.39, 0.29) is 5.91 Å². The van der Waals surface area contributed by atoms with Crippen molar-refractivity contribution in [3.05, 3.63) is 50.4 Å². The molecule has 0 radical (unpaired) electrons. The van der Waals surface area contributed by atoms with Crippen molar-refractivity contribution in [2.24, 2.45) is 0 Å². The molecule has 2 heterocycles. The molecular weight excluding hydrogens is 334 g/mol. The van der Waals surface area contributed by atoms with Crippen molar-refractivity contribution in [3.8, 4) is 0 Å². The zero-order valence-corrected chi connectivity index (χ0v) is 14.0. The summed E-state index contributed by atoms with van der Waals surface area (Å²) in [4.78, 5) is 29.9. The van der Waals surface area contributed by atoms with Gasteiger partial charge in [0.05, 0.1) is 10.4 Å². The van der Waals surface area contributed by atoms with E-state index in [1.165, 1.54) is 53.3 Å². The lowest BCUT2D eigenvalue weighted by atomic mass is 10.1. The Morgan fingerprint density at radius 2 is 1.87 bits per heavy atom. The number of carbonyl (C=O) groups is 2. The molecular formula is C16H16ClN3O2S. The van der Waals surface area contributed by atoms with E-state index < -0.39 is 5.91 Å². The maximum Gasteiger partial charge on any atom is 0.279 e. The van der Waals surface area contributed by atoms with Gasteiger partial charge < -0.3 is 0 Å². The number of hydrogen-bond acceptors (Lipinski definition) is 4. The Morgan fingerprint density at radius 1 is 1.09 bits per heavy atom. The molecule has 2 aromatic rings. The van der Waals surface area contributed by atoms with Gasteiger partial charge in [0.1, 0.15) is 5.15 Å². The molecule has 0 saturated carbocycles. The number of pyridine rings is 1. The molecule has 2 amide bonds. The minimum absolute atomic E-state index is 0.293. The zero-order chi connectivity index (χ0) is 16.2. The molecule has 1 aliphatic rings. The van der Waals surface area contributed by atoms with E-state index >= 15 is 0 Å². The van der Waals surface area contributed by atoms with Crippen LogP contribution in [0.1, 0.15) is 49.7 Å². The zero-order valence-electron chi connectivity index (χ0n) is 12.4. The van der Waals surface area contributed by atoms with Crippen LogP contribution in [0.15, 0.2) is 24.4 Å². The molecule has 1 aliphatic carbocycles. The molecule has 2 aromatic heterocycles. The van der Waals surface area contributed by atoms with Gasteiger partial charge in [-0.3, -0.25) is 20.4 Å². The predicted octanol–water partition coefficient (Wildman–Crippen LogP) is 3.14. The molecule has 2 N–H and O–H groups in total. The van der Waals surface area contributed by atoms with E-state index in [0.717, 1.165) is 12.8 Å². The Kier molecular flexibility index (Phi) is 4.93. The molecule has 7 heteroatoms. The summed E-state index contributed by atoms with van der Waals surface area (Å²) >= 11 is 7.19. The van der Waals surface area contributed by atoms with Crippen LogP contribution in [0, 0.1) is 0 Å². The topological polar surface area (TPSA) is 71.1 Å². The Morgan fingerprint density at radius 3 is 2.65 bits per heavy atom. The van der Waals surface area contributed by atoms with Crippen molar-refractivity contribution in [2.75, 3.05) is 0 Å². The third-order valence-electron chi connectivity index (χ3n) is 3.75. The number of hydrogen-bond donors (Lipinski definition) is 2. The first kappa shape index (κ1) is 16.0. The summed E-state index contributed by atoms with van der Waals surface area (Å²) in [5.74, 6) is -0.723. The molecule has 3 rings (SSSR count). The molecule has 0 aromatic carbocycles. The minimum Gasteiger partial charge on any atom is -0.267 e. The average molecular weight is 350 g/mol. The third kappa shape index (κ3) is 3.89. The van der Waals surface area contributed by atoms with Crippen LogP contribution < -0.4 is 10.9 Å². The van der Waals surface area contributed by atoms with Crippen molar-refractivity contribution < 1.29 is 9.59 Å². The highest BCUT2D eigenvalue weighted by atomic mass is 35.5. The summed E-state index contributed by atoms with van der Waals surface area (Å²) in [5.41, 5.74) is 6.44. The second kappa shape index (κ2) is 7.10. The van der Waals surface area contributed by atoms with Gasteiger partial charge in [0.15, 0.2) is 0 Å². The Balaban J connectivity index is 1.61. The van der Waals surface area contributed by atoms with Crippen molar-refractivity contribution >= 4 is 34.8 Å². The van der Waals surface area contributed by atoms with E-state index in [0.29, 0.717) is 15.6 Å². The first-order valence-electron chi connectivity index (χ1n) is 7.47. The fraction of sp³-hybridized carbons (Fsp3) is 0.312. The van der Waals surface area contributed by atoms with Crippen LogP contribution >= 0.6 is 22.9 Å². The number of aryl methyl sites for hydroxylation is 2. The van der Waals surface area contributed by atoms with Crippen molar-refractivity contribution in [3.63, 3.8) is 0 Å². The number of halogens is 1. The van der Waals surface area contributed by atoms with Crippen LogP contribution in [0.3, 0.4) is 0 Å². The second-order valence-electron chi connectivity index (χ2n) is 5.40. The van der Waals surface area contributed by atoms with Crippen LogP contribution in [0.4, 0.5) is 0 Å². The van der Waals surface area contributed by atoms with Gasteiger partial charge in [-0.25, -0.2) is 4.98 Å². The summed E-state index contributed by atoms with van der Waals surface area (Å²) in [6.07, 6.45) is 7.02. The lowest BCUT2D eigenvalue weighted by Gasteiger charge is -2.06. The number of amides is 2. The normalized spacial score (nSPS) is 13.8. The Hall–Kier alpha value is -1.92. The van der Waals surface area contributed by atoms with Gasteiger partial charge in [0.25, 0.3) is 11.8 Å². The molecule has 0 saturated heterocycles. The van der Waals surface area contributed by atoms with Gasteiger partial charge >= 0.3 is 0 Å². The van der Waals surface area contributed by atoms with E-state index in [4.69, 9.17) is 11.6 Å². The second-order valence-corrected chi connectivity index (χ2v) is 6.92. The van der Waals surface area contributed by atoms with E-state index in [9.17, 15) is 9.59 Å². The highest BCUT2D eigenvalue weighted by Crippen LogP contribution is 2.28. The fourth-order valence-corrected chi connectivity index (χ4v) is 3.80. The standard InChI is InChI=1S/C16H16ClN3O2S/c17-14-7-6-11(9-18-14)15(21)19-20-16(22)13-8-10-4-2-1-3-5-12(10)23-13/h6-9H,1-5H2,(H,19,21)(H,20,22). The van der Waals surface area contributed by atoms with Gasteiger partial charge in [-0.1, -0.05) is 18.0 Å². The fourth-order valence-electron chi connectivity index (χ4n) is 2.54. The summed E-state index contributed by atoms with van der Waals surface area (Å²) < 4.78 is 0. The van der Waals surface area contributed by atoms with Crippen molar-refractivity contribution in [1.82, 2.24) is 15.8 Å². The van der Waals surface area contributed by atoms with Crippen molar-refractivity contribution in [2.45, 2.75) is 32.1 Å². The number of thiophene rings is 1. The molecule has 0 aliphatic heterocycles. The lowest BCUT2D eigenvalue weighted by Crippen LogP contribution is -2.41. The van der Waals surface area contributed by atoms with E-state index in [1.807, 2.05) is 6.07 Å². The van der Waals surface area contributed by atoms with Gasteiger partial charge in [0, 0.05) is 11.1 Å². The number of nitrogens with zero attached hydrogens (tertiary/aromatic N) is 1. The van der Waals surface area contributed by atoms with Crippen molar-refractivity contribution in [1.29, 1.82) is 0 Å². The maximum absolute atomic E-state index is 12.2. The van der Waals surface area contributed by atoms with Gasteiger partial charge in [-0.15, -0.1) is 11.3 Å². The largest absolute Gasteiger partial charge is 0.279 e. The number of carbonyl (C=O) groups excluding carboxylic acids is 2. The summed E-state index contributed by atoms with van der Waals surface area (Å²) in [5, 5.41) is 0.311. The van der Waals surface area contributed by atoms with E-state index in [1.54, 1.807) is 6.07 Å². The van der Waals surface area contributed by atoms with Gasteiger partial charge in [0.2, 0.25) is 0 Å². The lowest BCUT2D eigenvalue weighted by molar-refractivity contribution is 0.0848. The molecule has 0 fully saturated rings. The highest BCUT2D eigenvalue weighted by Gasteiger charge is 2.17. The van der Waals surface area contributed by atoms with Crippen LogP contribution in [-0.2, 0) is 12.8 Å². The number of nitrogens with one attached hydrogen (secondary N) is 2. The average Bonchev–Trinajstić information content (AvgIpc) is 2.84. The molecule has 5 nitrogen and oxygen atoms in total. The summed E-state index contributed by atoms with van der Waals surface area (Å²) in [7, 11) is 0. The number of rotatable bonds is 2. The van der Waals surface area contributed by atoms with Crippen LogP contribution in [-0.4, -0.2) is 16.8 Å². The minimum atomic E-state index is -0.430. The Bertz CT molecular complexity index is 704. The van der Waals surface area contributed by atoms with E-state index in [2.05, 4.69) is 15.8 Å². The number of hydrazine groups is 1. The molecule has 0 spiro atoms. The monoisotopic (exact) mass is 349 g/mol. The smallest absolute Gasteiger partial charge is 0.267 e. The SMILES string of the molecule is O=C(NNC(=O)c1cc2c(s1)CCCCC2)c1ccc(Cl)nc1. The molecule has 23 heavy (non-hydrogen) atoms. The predicted molar refractivity (Wildman–Crippen MR) is 89.8 cm³/mol. The molecule has 0 unspecified atom stereocenters. The summed E-state index contributed by atoms with van der Waals surface area (Å²) in [6.45, 7) is 0. The first-order valence-corrected chi connectivity index (χ1v) is 8.67. The Labute approximate surface area is 143 Å². The molecule has 120 valence electrons. The van der Waals surface area contributed by atoms with Gasteiger partial charge in [-0.05, 0) is 49.4 Å². The van der Waals surface area contributed by atoms with Crippen LogP contribution in [0.2, 0.25) is 5.15 Å².